The van der Waals surface area contributed by atoms with Crippen LogP contribution in [0.5, 0.6) is 0 Å². The van der Waals surface area contributed by atoms with Crippen LogP contribution in [0.15, 0.2) is 31.1 Å². The molecule has 90 valence electrons. The van der Waals surface area contributed by atoms with Crippen molar-refractivity contribution in [3.63, 3.8) is 0 Å². The quantitative estimate of drug-likeness (QED) is 0.630. The van der Waals surface area contributed by atoms with Crippen LogP contribution in [0.25, 0.3) is 11.0 Å². The van der Waals surface area contributed by atoms with Crippen molar-refractivity contribution in [3.05, 3.63) is 42.2 Å². The van der Waals surface area contributed by atoms with Gasteiger partial charge in [-0.3, -0.25) is 0 Å². The van der Waals surface area contributed by atoms with Gasteiger partial charge < -0.3 is 9.88 Å². The minimum atomic E-state index is 0.852. The number of hydrogen-bond acceptors (Lipinski definition) is 2. The van der Waals surface area contributed by atoms with Gasteiger partial charge in [-0.2, -0.15) is 0 Å². The minimum Gasteiger partial charge on any atom is -0.329 e. The van der Waals surface area contributed by atoms with Crippen molar-refractivity contribution in [2.45, 2.75) is 20.4 Å². The van der Waals surface area contributed by atoms with Crippen molar-refractivity contribution in [3.8, 4) is 0 Å². The third-order valence-electron chi connectivity index (χ3n) is 3.05. The lowest BCUT2D eigenvalue weighted by atomic mass is 10.1. The molecule has 3 heteroatoms. The number of benzene rings is 1. The first-order valence-electron chi connectivity index (χ1n) is 5.96. The first kappa shape index (κ1) is 11.9. The fraction of sp³-hybridized carbons (Fsp3) is 0.357. The SMILES string of the molecule is C=CCNCCn1cnc2cc(C)c(C)cc21. The van der Waals surface area contributed by atoms with Crippen LogP contribution in [-0.2, 0) is 6.54 Å². The highest BCUT2D eigenvalue weighted by Crippen LogP contribution is 2.17. The number of aryl methyl sites for hydroxylation is 2. The number of aromatic nitrogens is 2. The summed E-state index contributed by atoms with van der Waals surface area (Å²) in [5.74, 6) is 0. The Morgan fingerprint density at radius 2 is 2.12 bits per heavy atom. The van der Waals surface area contributed by atoms with E-state index in [9.17, 15) is 0 Å². The number of imidazole rings is 1. The lowest BCUT2D eigenvalue weighted by Gasteiger charge is -2.06. The molecule has 17 heavy (non-hydrogen) atoms. The minimum absolute atomic E-state index is 0.852. The molecule has 3 nitrogen and oxygen atoms in total. The van der Waals surface area contributed by atoms with E-state index in [4.69, 9.17) is 0 Å². The van der Waals surface area contributed by atoms with Gasteiger partial charge in [0.15, 0.2) is 0 Å². The van der Waals surface area contributed by atoms with Crippen molar-refractivity contribution >= 4 is 11.0 Å². The first-order valence-corrected chi connectivity index (χ1v) is 5.96. The van der Waals surface area contributed by atoms with E-state index in [1.54, 1.807) is 0 Å². The fourth-order valence-corrected chi connectivity index (χ4v) is 1.90. The monoisotopic (exact) mass is 229 g/mol. The van der Waals surface area contributed by atoms with Gasteiger partial charge in [0.25, 0.3) is 0 Å². The highest BCUT2D eigenvalue weighted by molar-refractivity contribution is 5.77. The third-order valence-corrected chi connectivity index (χ3v) is 3.05. The van der Waals surface area contributed by atoms with Crippen LogP contribution < -0.4 is 5.32 Å². The molecule has 0 fully saturated rings. The summed E-state index contributed by atoms with van der Waals surface area (Å²) in [5.41, 5.74) is 4.91. The molecule has 1 heterocycles. The Labute approximate surface area is 102 Å². The molecule has 0 aliphatic rings. The van der Waals surface area contributed by atoms with E-state index >= 15 is 0 Å². The first-order chi connectivity index (χ1) is 8.22. The third kappa shape index (κ3) is 2.56. The van der Waals surface area contributed by atoms with Gasteiger partial charge in [0.1, 0.15) is 0 Å². The van der Waals surface area contributed by atoms with Crippen molar-refractivity contribution in [2.75, 3.05) is 13.1 Å². The fourth-order valence-electron chi connectivity index (χ4n) is 1.90. The molecule has 0 atom stereocenters. The van der Waals surface area contributed by atoms with E-state index in [2.05, 4.69) is 47.4 Å². The average molecular weight is 229 g/mol. The number of nitrogens with one attached hydrogen (secondary N) is 1. The Balaban J connectivity index is 2.18. The standard InChI is InChI=1S/C14H19N3/c1-4-5-15-6-7-17-10-16-13-8-11(2)12(3)9-14(13)17/h4,8-10,15H,1,5-7H2,2-3H3. The van der Waals surface area contributed by atoms with Gasteiger partial charge in [0.2, 0.25) is 0 Å². The van der Waals surface area contributed by atoms with Crippen LogP contribution >= 0.6 is 0 Å². The van der Waals surface area contributed by atoms with Crippen LogP contribution in [0.4, 0.5) is 0 Å². The van der Waals surface area contributed by atoms with Crippen LogP contribution in [0.1, 0.15) is 11.1 Å². The van der Waals surface area contributed by atoms with Gasteiger partial charge in [0.05, 0.1) is 17.4 Å². The molecule has 1 aromatic heterocycles. The van der Waals surface area contributed by atoms with E-state index in [-0.39, 0.29) is 0 Å². The van der Waals surface area contributed by atoms with Crippen LogP contribution in [-0.4, -0.2) is 22.6 Å². The highest BCUT2D eigenvalue weighted by atomic mass is 15.1. The Morgan fingerprint density at radius 3 is 2.88 bits per heavy atom. The molecule has 0 saturated carbocycles. The predicted octanol–water partition coefficient (Wildman–Crippen LogP) is 2.43. The lowest BCUT2D eigenvalue weighted by Crippen LogP contribution is -2.19. The highest BCUT2D eigenvalue weighted by Gasteiger charge is 2.04. The summed E-state index contributed by atoms with van der Waals surface area (Å²) < 4.78 is 2.19. The second kappa shape index (κ2) is 5.15. The largest absolute Gasteiger partial charge is 0.329 e. The van der Waals surface area contributed by atoms with E-state index in [1.807, 2.05) is 12.4 Å². The van der Waals surface area contributed by atoms with E-state index in [1.165, 1.54) is 16.6 Å². The van der Waals surface area contributed by atoms with Gasteiger partial charge in [0, 0.05) is 19.6 Å². The van der Waals surface area contributed by atoms with Crippen molar-refractivity contribution in [2.24, 2.45) is 0 Å². The van der Waals surface area contributed by atoms with Crippen molar-refractivity contribution in [1.29, 1.82) is 0 Å². The summed E-state index contributed by atoms with van der Waals surface area (Å²) in [6.45, 7) is 10.7. The molecular weight excluding hydrogens is 210 g/mol. The molecule has 0 unspecified atom stereocenters. The van der Waals surface area contributed by atoms with Crippen molar-refractivity contribution in [1.82, 2.24) is 14.9 Å². The number of hydrogen-bond donors (Lipinski definition) is 1. The van der Waals surface area contributed by atoms with Crippen LogP contribution in [0, 0.1) is 13.8 Å². The number of fused-ring (bicyclic) bond motifs is 1. The Bertz CT molecular complexity index is 525. The van der Waals surface area contributed by atoms with Gasteiger partial charge >= 0.3 is 0 Å². The van der Waals surface area contributed by atoms with Crippen LogP contribution in [0.3, 0.4) is 0 Å². The molecule has 0 aliphatic carbocycles. The molecule has 0 radical (unpaired) electrons. The number of rotatable bonds is 5. The summed E-state index contributed by atoms with van der Waals surface area (Å²) in [7, 11) is 0. The zero-order valence-electron chi connectivity index (χ0n) is 10.5. The molecule has 1 N–H and O–H groups in total. The summed E-state index contributed by atoms with van der Waals surface area (Å²) in [6.07, 6.45) is 3.79. The second-order valence-corrected chi connectivity index (χ2v) is 4.36. The molecule has 0 amide bonds. The topological polar surface area (TPSA) is 29.9 Å². The summed E-state index contributed by atoms with van der Waals surface area (Å²) in [6, 6.07) is 4.36. The maximum absolute atomic E-state index is 4.43. The average Bonchev–Trinajstić information content (AvgIpc) is 2.68. The molecule has 0 aliphatic heterocycles. The molecule has 0 spiro atoms. The maximum atomic E-state index is 4.43. The smallest absolute Gasteiger partial charge is 0.0958 e. The lowest BCUT2D eigenvalue weighted by molar-refractivity contribution is 0.637. The van der Waals surface area contributed by atoms with Gasteiger partial charge in [-0.15, -0.1) is 6.58 Å². The number of nitrogens with zero attached hydrogens (tertiary/aromatic N) is 2. The predicted molar refractivity (Wildman–Crippen MR) is 72.3 cm³/mol. The zero-order valence-corrected chi connectivity index (χ0v) is 10.5. The summed E-state index contributed by atoms with van der Waals surface area (Å²) in [5, 5.41) is 3.30. The summed E-state index contributed by atoms with van der Waals surface area (Å²) in [4.78, 5) is 4.43. The van der Waals surface area contributed by atoms with E-state index in [0.29, 0.717) is 0 Å². The Morgan fingerprint density at radius 1 is 1.35 bits per heavy atom. The maximum Gasteiger partial charge on any atom is 0.0958 e. The normalized spacial score (nSPS) is 10.9. The van der Waals surface area contributed by atoms with E-state index in [0.717, 1.165) is 25.2 Å². The summed E-state index contributed by atoms with van der Waals surface area (Å²) >= 11 is 0. The molecule has 1 aromatic carbocycles. The molecule has 0 saturated heterocycles. The molecular formula is C14H19N3. The van der Waals surface area contributed by atoms with Gasteiger partial charge in [-0.25, -0.2) is 4.98 Å². The van der Waals surface area contributed by atoms with Gasteiger partial charge in [-0.05, 0) is 37.1 Å². The second-order valence-electron chi connectivity index (χ2n) is 4.36. The van der Waals surface area contributed by atoms with Crippen LogP contribution in [0.2, 0.25) is 0 Å². The van der Waals surface area contributed by atoms with E-state index < -0.39 is 0 Å². The Kier molecular flexibility index (Phi) is 3.59. The van der Waals surface area contributed by atoms with Gasteiger partial charge in [-0.1, -0.05) is 6.08 Å². The Hall–Kier alpha value is -1.61. The molecule has 2 rings (SSSR count). The van der Waals surface area contributed by atoms with Crippen molar-refractivity contribution < 1.29 is 0 Å². The molecule has 0 bridgehead atoms. The molecule has 2 aromatic rings. The zero-order chi connectivity index (χ0) is 12.3.